The molecule has 1 aliphatic rings. The molecule has 5 heteroatoms. The van der Waals surface area contributed by atoms with E-state index in [1.807, 2.05) is 33.9 Å². The minimum Gasteiger partial charge on any atom is -0.338 e. The number of amides is 2. The normalized spacial score (nSPS) is 15.0. The zero-order valence-corrected chi connectivity index (χ0v) is 14.3. The summed E-state index contributed by atoms with van der Waals surface area (Å²) in [6.07, 6.45) is 8.91. The number of nitrogens with one attached hydrogen (secondary N) is 1. The van der Waals surface area contributed by atoms with Crippen molar-refractivity contribution in [1.82, 2.24) is 19.8 Å². The summed E-state index contributed by atoms with van der Waals surface area (Å²) in [6.45, 7) is 4.52. The summed E-state index contributed by atoms with van der Waals surface area (Å²) < 4.78 is 2.03. The van der Waals surface area contributed by atoms with Crippen LogP contribution in [0, 0.1) is 5.92 Å². The van der Waals surface area contributed by atoms with Gasteiger partial charge in [0.2, 0.25) is 0 Å². The molecule has 1 N–H and O–H groups in total. The van der Waals surface area contributed by atoms with Crippen LogP contribution < -0.4 is 5.32 Å². The molecule has 0 spiro atoms. The maximum Gasteiger partial charge on any atom is 0.317 e. The lowest BCUT2D eigenvalue weighted by Crippen LogP contribution is -2.43. The van der Waals surface area contributed by atoms with Crippen molar-refractivity contribution in [3.8, 4) is 0 Å². The molecule has 1 aromatic carbocycles. The molecule has 0 bridgehead atoms. The lowest BCUT2D eigenvalue weighted by Gasteiger charge is -2.30. The molecule has 1 saturated carbocycles. The fourth-order valence-electron chi connectivity index (χ4n) is 2.88. The summed E-state index contributed by atoms with van der Waals surface area (Å²) in [5.74, 6) is 0.674. The van der Waals surface area contributed by atoms with Gasteiger partial charge in [0, 0.05) is 32.0 Å². The quantitative estimate of drug-likeness (QED) is 0.755. The number of rotatable bonds is 8. The van der Waals surface area contributed by atoms with Crippen molar-refractivity contribution in [2.45, 2.75) is 38.8 Å². The number of aromatic nitrogens is 2. The lowest BCUT2D eigenvalue weighted by atomic mass is 10.1. The van der Waals surface area contributed by atoms with E-state index in [9.17, 15) is 4.79 Å². The molecule has 0 unspecified atom stereocenters. The van der Waals surface area contributed by atoms with Gasteiger partial charge < -0.3 is 14.8 Å². The summed E-state index contributed by atoms with van der Waals surface area (Å²) in [4.78, 5) is 18.7. The number of hydrogen-bond donors (Lipinski definition) is 1. The van der Waals surface area contributed by atoms with E-state index in [1.54, 1.807) is 12.5 Å². The summed E-state index contributed by atoms with van der Waals surface area (Å²) in [5.41, 5.74) is 1.19. The molecule has 5 nitrogen and oxygen atoms in total. The van der Waals surface area contributed by atoms with Gasteiger partial charge in [-0.05, 0) is 37.7 Å². The van der Waals surface area contributed by atoms with Crippen molar-refractivity contribution in [2.75, 3.05) is 13.1 Å². The molecule has 1 aliphatic carbocycles. The number of carbonyl (C=O) groups is 1. The molecule has 1 fully saturated rings. The van der Waals surface area contributed by atoms with Crippen molar-refractivity contribution in [1.29, 1.82) is 0 Å². The molecule has 1 heterocycles. The highest BCUT2D eigenvalue weighted by atomic mass is 16.2. The molecule has 3 rings (SSSR count). The molecule has 24 heavy (non-hydrogen) atoms. The van der Waals surface area contributed by atoms with Crippen LogP contribution in [0.4, 0.5) is 4.79 Å². The standard InChI is InChI=1S/C19H26N4O/c1-16(18-6-3-2-4-7-18)23(14-17-8-9-17)19(24)21-10-5-12-22-13-11-20-15-22/h2-4,6-7,11,13,15-17H,5,8-10,12,14H2,1H3,(H,21,24)/t16-/m1/s1. The summed E-state index contributed by atoms with van der Waals surface area (Å²) in [6, 6.07) is 10.4. The second kappa shape index (κ2) is 7.99. The van der Waals surface area contributed by atoms with Crippen LogP contribution >= 0.6 is 0 Å². The molecular weight excluding hydrogens is 300 g/mol. The van der Waals surface area contributed by atoms with Crippen LogP contribution in [0.1, 0.15) is 37.8 Å². The van der Waals surface area contributed by atoms with E-state index in [0.717, 1.165) is 19.5 Å². The Morgan fingerprint density at radius 1 is 1.38 bits per heavy atom. The number of hydrogen-bond acceptors (Lipinski definition) is 2. The van der Waals surface area contributed by atoms with Crippen molar-refractivity contribution >= 4 is 6.03 Å². The molecule has 0 radical (unpaired) electrons. The molecule has 2 aromatic rings. The van der Waals surface area contributed by atoms with E-state index in [4.69, 9.17) is 0 Å². The highest BCUT2D eigenvalue weighted by Crippen LogP contribution is 2.32. The average Bonchev–Trinajstić information content (AvgIpc) is 3.29. The van der Waals surface area contributed by atoms with Crippen LogP contribution in [-0.2, 0) is 6.54 Å². The lowest BCUT2D eigenvalue weighted by molar-refractivity contribution is 0.175. The van der Waals surface area contributed by atoms with Crippen molar-refractivity contribution in [3.63, 3.8) is 0 Å². The second-order valence-electron chi connectivity index (χ2n) is 6.57. The minimum atomic E-state index is 0.0453. The molecule has 0 saturated heterocycles. The second-order valence-corrected chi connectivity index (χ2v) is 6.57. The molecule has 0 aliphatic heterocycles. The third-order valence-corrected chi connectivity index (χ3v) is 4.59. The highest BCUT2D eigenvalue weighted by Gasteiger charge is 2.29. The fourth-order valence-corrected chi connectivity index (χ4v) is 2.88. The maximum absolute atomic E-state index is 12.7. The van der Waals surface area contributed by atoms with Gasteiger partial charge in [-0.25, -0.2) is 9.78 Å². The minimum absolute atomic E-state index is 0.0453. The predicted octanol–water partition coefficient (Wildman–Crippen LogP) is 3.46. The predicted molar refractivity (Wildman–Crippen MR) is 94.5 cm³/mol. The smallest absolute Gasteiger partial charge is 0.317 e. The first-order valence-electron chi connectivity index (χ1n) is 8.79. The number of imidazole rings is 1. The Morgan fingerprint density at radius 3 is 2.83 bits per heavy atom. The zero-order valence-electron chi connectivity index (χ0n) is 14.3. The van der Waals surface area contributed by atoms with Gasteiger partial charge in [-0.3, -0.25) is 0 Å². The Bertz CT molecular complexity index is 622. The Morgan fingerprint density at radius 2 is 2.17 bits per heavy atom. The number of benzene rings is 1. The first-order chi connectivity index (χ1) is 11.7. The van der Waals surface area contributed by atoms with Gasteiger partial charge in [-0.1, -0.05) is 30.3 Å². The zero-order chi connectivity index (χ0) is 16.8. The van der Waals surface area contributed by atoms with E-state index in [0.29, 0.717) is 12.5 Å². The van der Waals surface area contributed by atoms with Gasteiger partial charge >= 0.3 is 6.03 Å². The number of nitrogens with zero attached hydrogens (tertiary/aromatic N) is 3. The van der Waals surface area contributed by atoms with E-state index in [1.165, 1.54) is 18.4 Å². The first kappa shape index (κ1) is 16.6. The monoisotopic (exact) mass is 326 g/mol. The Labute approximate surface area is 143 Å². The van der Waals surface area contributed by atoms with E-state index in [-0.39, 0.29) is 12.1 Å². The molecule has 2 amide bonds. The number of carbonyl (C=O) groups excluding carboxylic acids is 1. The molecule has 1 aromatic heterocycles. The van der Waals surface area contributed by atoms with Gasteiger partial charge in [-0.15, -0.1) is 0 Å². The van der Waals surface area contributed by atoms with Crippen LogP contribution in [0.5, 0.6) is 0 Å². The van der Waals surface area contributed by atoms with E-state index < -0.39 is 0 Å². The van der Waals surface area contributed by atoms with Crippen molar-refractivity contribution in [3.05, 3.63) is 54.6 Å². The fraction of sp³-hybridized carbons (Fsp3) is 0.474. The van der Waals surface area contributed by atoms with Crippen LogP contribution in [0.3, 0.4) is 0 Å². The summed E-state index contributed by atoms with van der Waals surface area (Å²) in [5, 5.41) is 3.08. The average molecular weight is 326 g/mol. The molecule has 128 valence electrons. The Hall–Kier alpha value is -2.30. The topological polar surface area (TPSA) is 50.2 Å². The van der Waals surface area contributed by atoms with Crippen molar-refractivity contribution < 1.29 is 4.79 Å². The number of urea groups is 1. The van der Waals surface area contributed by atoms with Gasteiger partial charge in [0.05, 0.1) is 12.4 Å². The van der Waals surface area contributed by atoms with Crippen molar-refractivity contribution in [2.24, 2.45) is 5.92 Å². The summed E-state index contributed by atoms with van der Waals surface area (Å²) >= 11 is 0. The Balaban J connectivity index is 1.53. The number of aryl methyl sites for hydroxylation is 1. The van der Waals surface area contributed by atoms with Gasteiger partial charge in [0.25, 0.3) is 0 Å². The third-order valence-electron chi connectivity index (χ3n) is 4.59. The van der Waals surface area contributed by atoms with Gasteiger partial charge in [0.1, 0.15) is 0 Å². The first-order valence-corrected chi connectivity index (χ1v) is 8.79. The van der Waals surface area contributed by atoms with E-state index >= 15 is 0 Å². The van der Waals surface area contributed by atoms with Crippen LogP contribution in [0.2, 0.25) is 0 Å². The molecule has 1 atom stereocenters. The van der Waals surface area contributed by atoms with Gasteiger partial charge in [-0.2, -0.15) is 0 Å². The third kappa shape index (κ3) is 4.60. The van der Waals surface area contributed by atoms with E-state index in [2.05, 4.69) is 29.4 Å². The Kier molecular flexibility index (Phi) is 5.51. The summed E-state index contributed by atoms with van der Waals surface area (Å²) in [7, 11) is 0. The SMILES string of the molecule is C[C@H](c1ccccc1)N(CC1CC1)C(=O)NCCCn1ccnc1. The van der Waals surface area contributed by atoms with Crippen LogP contribution in [0.15, 0.2) is 49.1 Å². The van der Waals surface area contributed by atoms with Crippen LogP contribution in [-0.4, -0.2) is 33.6 Å². The maximum atomic E-state index is 12.7. The molecular formula is C19H26N4O. The van der Waals surface area contributed by atoms with Gasteiger partial charge in [0.15, 0.2) is 0 Å². The van der Waals surface area contributed by atoms with Crippen LogP contribution in [0.25, 0.3) is 0 Å². The largest absolute Gasteiger partial charge is 0.338 e. The highest BCUT2D eigenvalue weighted by molar-refractivity contribution is 5.74.